The summed E-state index contributed by atoms with van der Waals surface area (Å²) in [5.41, 5.74) is 7.17. The zero-order valence-corrected chi connectivity index (χ0v) is 20.8. The van der Waals surface area contributed by atoms with Crippen molar-refractivity contribution in [2.24, 2.45) is 5.22 Å². The molecule has 1 aromatic heterocycles. The van der Waals surface area contributed by atoms with Crippen LogP contribution in [0.25, 0.3) is 10.4 Å². The normalized spacial score (nSPS) is 20.8. The Morgan fingerprint density at radius 2 is 1.80 bits per heavy atom. The van der Waals surface area contributed by atoms with Gasteiger partial charge in [-0.2, -0.15) is 4.91 Å². The molecule has 0 spiro atoms. The Bertz CT molecular complexity index is 1130. The largest absolute Gasteiger partial charge is 0.468 e. The predicted octanol–water partition coefficient (Wildman–Crippen LogP) is 0.496. The van der Waals surface area contributed by atoms with Gasteiger partial charge in [0, 0.05) is 6.20 Å². The lowest BCUT2D eigenvalue weighted by molar-refractivity contribution is -0.142. The highest BCUT2D eigenvalue weighted by atomic mass is 31.2. The quantitative estimate of drug-likeness (QED) is 0.136. The third kappa shape index (κ3) is 7.01. The molecule has 2 N–H and O–H groups in total. The molecule has 35 heavy (non-hydrogen) atoms. The second kappa shape index (κ2) is 12.1. The first-order valence-corrected chi connectivity index (χ1v) is 12.1. The summed E-state index contributed by atoms with van der Waals surface area (Å²) in [5, 5.41) is 8.15. The Kier molecular flexibility index (Phi) is 9.77. The fourth-order valence-electron chi connectivity index (χ4n) is 3.29. The summed E-state index contributed by atoms with van der Waals surface area (Å²) >= 11 is 0. The van der Waals surface area contributed by atoms with E-state index in [1.807, 2.05) is 0 Å². The summed E-state index contributed by atoms with van der Waals surface area (Å²) in [7, 11) is -1.67. The fraction of sp³-hybridized carbons (Fsp3) is 0.667. The maximum atomic E-state index is 13.4. The van der Waals surface area contributed by atoms with Crippen molar-refractivity contribution in [1.29, 1.82) is 0 Å². The molecule has 1 aliphatic heterocycles. The van der Waals surface area contributed by atoms with Crippen LogP contribution in [0.4, 0.5) is 0 Å². The van der Waals surface area contributed by atoms with E-state index in [1.165, 1.54) is 27.0 Å². The fourth-order valence-corrected chi connectivity index (χ4v) is 5.12. The monoisotopic (exact) mass is 517 g/mol. The van der Waals surface area contributed by atoms with Gasteiger partial charge in [0.25, 0.3) is 0 Å². The van der Waals surface area contributed by atoms with Crippen LogP contribution in [0.15, 0.2) is 21.0 Å². The van der Waals surface area contributed by atoms with Crippen molar-refractivity contribution in [2.45, 2.75) is 58.0 Å². The van der Waals surface area contributed by atoms with Crippen LogP contribution in [0, 0.1) is 6.92 Å². The lowest BCUT2D eigenvalue weighted by Crippen LogP contribution is -2.42. The first-order valence-electron chi connectivity index (χ1n) is 10.5. The molecule has 1 aliphatic rings. The number of aromatic nitrogens is 2. The summed E-state index contributed by atoms with van der Waals surface area (Å²) < 4.78 is 35.5. The number of methoxy groups -OCH3 is 2. The van der Waals surface area contributed by atoms with Gasteiger partial charge < -0.3 is 18.7 Å². The number of nitrogens with zero attached hydrogens (tertiary/aromatic N) is 5. The van der Waals surface area contributed by atoms with Crippen LogP contribution in [-0.4, -0.2) is 60.2 Å². The lowest BCUT2D eigenvalue weighted by atomic mass is 10.2. The molecule has 2 rings (SSSR count). The number of aryl methyl sites for hydroxylation is 1. The Hall–Kier alpha value is -3.00. The van der Waals surface area contributed by atoms with Crippen LogP contribution in [-0.2, 0) is 32.9 Å². The van der Waals surface area contributed by atoms with E-state index in [-0.39, 0.29) is 12.2 Å². The highest BCUT2D eigenvalue weighted by molar-refractivity contribution is 7.54. The molecule has 2 heterocycles. The highest BCUT2D eigenvalue weighted by Gasteiger charge is 2.36. The summed E-state index contributed by atoms with van der Waals surface area (Å²) in [4.78, 5) is 50.7. The minimum absolute atomic E-state index is 0.159. The van der Waals surface area contributed by atoms with E-state index in [0.717, 1.165) is 18.8 Å². The average Bonchev–Trinajstić information content (AvgIpc) is 3.30. The molecular formula is C18H28N7O9P. The van der Waals surface area contributed by atoms with Gasteiger partial charge in [-0.25, -0.2) is 19.8 Å². The van der Waals surface area contributed by atoms with E-state index in [9.17, 15) is 23.7 Å². The Morgan fingerprint density at radius 3 is 2.31 bits per heavy atom. The minimum atomic E-state index is -4.00. The van der Waals surface area contributed by atoms with Gasteiger partial charge in [-0.3, -0.25) is 18.7 Å². The third-order valence-electron chi connectivity index (χ3n) is 5.07. The maximum Gasteiger partial charge on any atom is 0.428 e. The summed E-state index contributed by atoms with van der Waals surface area (Å²) in [5.74, 6) is -1.41. The number of carbonyl (C=O) groups excluding carboxylic acids is 2. The van der Waals surface area contributed by atoms with Gasteiger partial charge in [-0.15, -0.1) is 5.53 Å². The molecule has 0 amide bonds. The molecule has 4 atom stereocenters. The van der Waals surface area contributed by atoms with Crippen LogP contribution in [0.2, 0.25) is 0 Å². The maximum absolute atomic E-state index is 13.4. The SMILES string of the molecule is COC(=O)C(C)NP(=O)(NC(C)C(=O)OC)OC[C@@H]1CC[C@H](n2cc(C)c(=O)n(N=[N+]=[N-])c2=O)O1. The molecular weight excluding hydrogens is 489 g/mol. The van der Waals surface area contributed by atoms with Gasteiger partial charge in [0.05, 0.1) is 32.5 Å². The minimum Gasteiger partial charge on any atom is -0.468 e. The highest BCUT2D eigenvalue weighted by Crippen LogP contribution is 2.40. The number of hydrogen-bond acceptors (Lipinski definition) is 10. The van der Waals surface area contributed by atoms with E-state index >= 15 is 0 Å². The average molecular weight is 517 g/mol. The lowest BCUT2D eigenvalue weighted by Gasteiger charge is -2.26. The summed E-state index contributed by atoms with van der Waals surface area (Å²) in [6, 6.07) is -2.08. The van der Waals surface area contributed by atoms with Crippen LogP contribution in [0.3, 0.4) is 0 Å². The number of hydrogen-bond donors (Lipinski definition) is 2. The number of rotatable bonds is 11. The number of azide groups is 1. The van der Waals surface area contributed by atoms with Crippen LogP contribution in [0.5, 0.6) is 0 Å². The standard InChI is InChI=1S/C18H28N7O9P/c1-10-8-24(18(29)25(15(10)26)23-22-19)14-7-6-13(34-14)9-33-35(30,20-11(2)16(27)31-4)21-12(3)17(28)32-5/h8,11-14H,6-7,9H2,1-5H3,(H2,20,21,30)/t11?,12?,13-,14+,35?/m0/s1. The van der Waals surface area contributed by atoms with E-state index in [2.05, 4.69) is 29.8 Å². The van der Waals surface area contributed by atoms with Crippen molar-refractivity contribution in [3.05, 3.63) is 43.0 Å². The van der Waals surface area contributed by atoms with E-state index in [4.69, 9.17) is 14.8 Å². The van der Waals surface area contributed by atoms with Gasteiger partial charge in [0.1, 0.15) is 18.3 Å². The zero-order valence-electron chi connectivity index (χ0n) is 19.9. The van der Waals surface area contributed by atoms with Gasteiger partial charge in [-0.05, 0) is 38.8 Å². The third-order valence-corrected chi connectivity index (χ3v) is 7.04. The van der Waals surface area contributed by atoms with E-state index in [1.54, 1.807) is 0 Å². The van der Waals surface area contributed by atoms with Crippen molar-refractivity contribution in [1.82, 2.24) is 19.4 Å². The molecule has 17 heteroatoms. The van der Waals surface area contributed by atoms with Crippen molar-refractivity contribution in [2.75, 3.05) is 20.8 Å². The molecule has 0 aliphatic carbocycles. The first kappa shape index (κ1) is 28.2. The Balaban J connectivity index is 2.17. The number of carbonyl (C=O) groups is 2. The van der Waals surface area contributed by atoms with Gasteiger partial charge >= 0.3 is 30.9 Å². The molecule has 0 aromatic carbocycles. The second-order valence-corrected chi connectivity index (χ2v) is 9.56. The molecule has 0 saturated carbocycles. The van der Waals surface area contributed by atoms with Crippen molar-refractivity contribution >= 4 is 19.6 Å². The first-order chi connectivity index (χ1) is 16.5. The number of esters is 2. The van der Waals surface area contributed by atoms with E-state index < -0.39 is 55.3 Å². The summed E-state index contributed by atoms with van der Waals surface area (Å²) in [6.45, 7) is 4.03. The van der Waals surface area contributed by atoms with Crippen LogP contribution >= 0.6 is 7.67 Å². The molecule has 1 aromatic rings. The molecule has 16 nitrogen and oxygen atoms in total. The Labute approximate surface area is 199 Å². The molecule has 1 saturated heterocycles. The number of ether oxygens (including phenoxy) is 3. The van der Waals surface area contributed by atoms with Crippen molar-refractivity contribution in [3.63, 3.8) is 0 Å². The Morgan fingerprint density at radius 1 is 1.23 bits per heavy atom. The van der Waals surface area contributed by atoms with Crippen molar-refractivity contribution < 1.29 is 32.9 Å². The van der Waals surface area contributed by atoms with E-state index in [0.29, 0.717) is 17.5 Å². The zero-order chi connectivity index (χ0) is 26.3. The van der Waals surface area contributed by atoms with Crippen LogP contribution in [0.1, 0.15) is 38.5 Å². The second-order valence-electron chi connectivity index (χ2n) is 7.68. The molecule has 1 fully saturated rings. The number of nitrogens with one attached hydrogen (secondary N) is 2. The van der Waals surface area contributed by atoms with Gasteiger partial charge in [0.2, 0.25) is 0 Å². The molecule has 0 bridgehead atoms. The van der Waals surface area contributed by atoms with Gasteiger partial charge in [0.15, 0.2) is 0 Å². The molecule has 194 valence electrons. The summed E-state index contributed by atoms with van der Waals surface area (Å²) in [6.07, 6.45) is 0.580. The topological polar surface area (TPSA) is 205 Å². The molecule has 0 radical (unpaired) electrons. The smallest absolute Gasteiger partial charge is 0.428 e. The predicted molar refractivity (Wildman–Crippen MR) is 120 cm³/mol. The van der Waals surface area contributed by atoms with Crippen LogP contribution < -0.4 is 21.4 Å². The van der Waals surface area contributed by atoms with Gasteiger partial charge in [-0.1, -0.05) is 4.68 Å². The van der Waals surface area contributed by atoms with Crippen molar-refractivity contribution in [3.8, 4) is 0 Å². The molecule has 2 unspecified atom stereocenters.